The fourth-order valence-electron chi connectivity index (χ4n) is 2.11. The van der Waals surface area contributed by atoms with E-state index in [0.29, 0.717) is 12.4 Å². The van der Waals surface area contributed by atoms with Crippen molar-refractivity contribution < 1.29 is 4.79 Å². The molecule has 122 valence electrons. The Morgan fingerprint density at radius 1 is 1.09 bits per heavy atom. The lowest BCUT2D eigenvalue weighted by Crippen LogP contribution is -2.10. The van der Waals surface area contributed by atoms with Crippen molar-refractivity contribution in [1.82, 2.24) is 9.97 Å². The molecule has 6 heteroatoms. The maximum Gasteiger partial charge on any atom is 0.224 e. The summed E-state index contributed by atoms with van der Waals surface area (Å²) in [5, 5.41) is 9.22. The molecule has 6 nitrogen and oxygen atoms in total. The van der Waals surface area contributed by atoms with Crippen LogP contribution in [-0.4, -0.2) is 22.4 Å². The van der Waals surface area contributed by atoms with E-state index in [4.69, 9.17) is 0 Å². The Labute approximate surface area is 136 Å². The first-order valence-corrected chi connectivity index (χ1v) is 7.87. The molecule has 1 aromatic heterocycles. The maximum absolute atomic E-state index is 11.6. The molecule has 0 unspecified atom stereocenters. The number of rotatable bonds is 7. The molecule has 0 aliphatic heterocycles. The third kappa shape index (κ3) is 5.25. The average Bonchev–Trinajstić information content (AvgIpc) is 2.49. The minimum absolute atomic E-state index is 0.0370. The van der Waals surface area contributed by atoms with E-state index in [1.807, 2.05) is 51.1 Å². The molecular weight excluding hydrogens is 290 g/mol. The highest BCUT2D eigenvalue weighted by molar-refractivity contribution is 5.90. The molecule has 0 spiro atoms. The molecule has 1 aromatic carbocycles. The monoisotopic (exact) mass is 313 g/mol. The fraction of sp³-hybridized carbons (Fsp3) is 0.353. The van der Waals surface area contributed by atoms with Gasteiger partial charge in [-0.2, -0.15) is 4.98 Å². The third-order valence-corrected chi connectivity index (χ3v) is 3.11. The molecule has 0 radical (unpaired) electrons. The Kier molecular flexibility index (Phi) is 5.91. The number of anilines is 4. The second kappa shape index (κ2) is 8.12. The van der Waals surface area contributed by atoms with Gasteiger partial charge in [0.25, 0.3) is 0 Å². The Morgan fingerprint density at radius 2 is 1.78 bits per heavy atom. The normalized spacial score (nSPS) is 10.2. The van der Waals surface area contributed by atoms with Gasteiger partial charge in [0.05, 0.1) is 0 Å². The largest absolute Gasteiger partial charge is 0.354 e. The van der Waals surface area contributed by atoms with Gasteiger partial charge in [-0.3, -0.25) is 4.79 Å². The van der Waals surface area contributed by atoms with E-state index in [9.17, 15) is 4.79 Å². The third-order valence-electron chi connectivity index (χ3n) is 3.11. The molecular formula is C17H23N5O. The predicted molar refractivity (Wildman–Crippen MR) is 94.2 cm³/mol. The molecule has 0 aliphatic rings. The summed E-state index contributed by atoms with van der Waals surface area (Å²) in [5.41, 5.74) is 2.59. The lowest BCUT2D eigenvalue weighted by Gasteiger charge is -2.10. The molecule has 23 heavy (non-hydrogen) atoms. The SMILES string of the molecule is CCCC(=O)Nc1ccc(Nc2cc(C)nc(NCC)n2)cc1. The highest BCUT2D eigenvalue weighted by atomic mass is 16.1. The number of carbonyl (C=O) groups is 1. The summed E-state index contributed by atoms with van der Waals surface area (Å²) >= 11 is 0. The number of aromatic nitrogens is 2. The quantitative estimate of drug-likeness (QED) is 0.726. The van der Waals surface area contributed by atoms with Gasteiger partial charge in [0.15, 0.2) is 0 Å². The van der Waals surface area contributed by atoms with Crippen LogP contribution in [0.2, 0.25) is 0 Å². The van der Waals surface area contributed by atoms with Crippen LogP contribution in [-0.2, 0) is 4.79 Å². The van der Waals surface area contributed by atoms with Gasteiger partial charge in [0, 0.05) is 36.1 Å². The van der Waals surface area contributed by atoms with Crippen molar-refractivity contribution in [3.63, 3.8) is 0 Å². The Hall–Kier alpha value is -2.63. The highest BCUT2D eigenvalue weighted by Crippen LogP contribution is 2.19. The first-order chi connectivity index (χ1) is 11.1. The fourth-order valence-corrected chi connectivity index (χ4v) is 2.11. The van der Waals surface area contributed by atoms with Gasteiger partial charge in [-0.15, -0.1) is 0 Å². The summed E-state index contributed by atoms with van der Waals surface area (Å²) in [5.74, 6) is 1.38. The van der Waals surface area contributed by atoms with Crippen LogP contribution in [0.15, 0.2) is 30.3 Å². The van der Waals surface area contributed by atoms with Gasteiger partial charge in [0.1, 0.15) is 5.82 Å². The molecule has 1 heterocycles. The van der Waals surface area contributed by atoms with Gasteiger partial charge in [-0.05, 0) is 44.5 Å². The van der Waals surface area contributed by atoms with E-state index in [2.05, 4.69) is 25.9 Å². The van der Waals surface area contributed by atoms with Gasteiger partial charge in [0.2, 0.25) is 11.9 Å². The molecule has 0 bridgehead atoms. The van der Waals surface area contributed by atoms with Crippen molar-refractivity contribution in [3.8, 4) is 0 Å². The van der Waals surface area contributed by atoms with Crippen LogP contribution >= 0.6 is 0 Å². The van der Waals surface area contributed by atoms with E-state index in [0.717, 1.165) is 35.9 Å². The Bertz CT molecular complexity index is 655. The summed E-state index contributed by atoms with van der Waals surface area (Å²) in [4.78, 5) is 20.3. The predicted octanol–water partition coefficient (Wildman–Crippen LogP) is 3.70. The summed E-state index contributed by atoms with van der Waals surface area (Å²) in [6.45, 7) is 6.69. The zero-order valence-electron chi connectivity index (χ0n) is 13.8. The van der Waals surface area contributed by atoms with Crippen LogP contribution in [0.4, 0.5) is 23.1 Å². The summed E-state index contributed by atoms with van der Waals surface area (Å²) in [7, 11) is 0. The van der Waals surface area contributed by atoms with Crippen LogP contribution in [0, 0.1) is 6.92 Å². The lowest BCUT2D eigenvalue weighted by atomic mass is 10.2. The number of nitrogens with one attached hydrogen (secondary N) is 3. The Balaban J connectivity index is 2.04. The van der Waals surface area contributed by atoms with E-state index >= 15 is 0 Å². The molecule has 3 N–H and O–H groups in total. The summed E-state index contributed by atoms with van der Waals surface area (Å²) in [6, 6.07) is 9.44. The number of amides is 1. The van der Waals surface area contributed by atoms with E-state index in [-0.39, 0.29) is 5.91 Å². The van der Waals surface area contributed by atoms with Crippen LogP contribution in [0.5, 0.6) is 0 Å². The Morgan fingerprint density at radius 3 is 2.43 bits per heavy atom. The van der Waals surface area contributed by atoms with Crippen LogP contribution in [0.25, 0.3) is 0 Å². The molecule has 0 aliphatic carbocycles. The van der Waals surface area contributed by atoms with Crippen LogP contribution in [0.3, 0.4) is 0 Å². The standard InChI is InChI=1S/C17H23N5O/c1-4-6-16(23)21-14-9-7-13(8-10-14)20-15-11-12(3)19-17(22-15)18-5-2/h7-11H,4-6H2,1-3H3,(H,21,23)(H2,18,19,20,22). The molecule has 0 atom stereocenters. The minimum atomic E-state index is 0.0370. The summed E-state index contributed by atoms with van der Waals surface area (Å²) in [6.07, 6.45) is 1.38. The van der Waals surface area contributed by atoms with Gasteiger partial charge in [-0.25, -0.2) is 4.98 Å². The molecule has 2 rings (SSSR count). The van der Waals surface area contributed by atoms with Crippen molar-refractivity contribution >= 4 is 29.0 Å². The maximum atomic E-state index is 11.6. The van der Waals surface area contributed by atoms with Crippen LogP contribution in [0.1, 0.15) is 32.4 Å². The minimum Gasteiger partial charge on any atom is -0.354 e. The lowest BCUT2D eigenvalue weighted by molar-refractivity contribution is -0.116. The van der Waals surface area contributed by atoms with Crippen molar-refractivity contribution in [2.24, 2.45) is 0 Å². The number of nitrogens with zero attached hydrogens (tertiary/aromatic N) is 2. The van der Waals surface area contributed by atoms with E-state index in [1.54, 1.807) is 0 Å². The second-order valence-corrected chi connectivity index (χ2v) is 5.25. The number of benzene rings is 1. The number of carbonyl (C=O) groups excluding carboxylic acids is 1. The molecule has 1 amide bonds. The van der Waals surface area contributed by atoms with Gasteiger partial charge < -0.3 is 16.0 Å². The van der Waals surface area contributed by atoms with Crippen molar-refractivity contribution in [2.75, 3.05) is 22.5 Å². The first kappa shape index (κ1) is 16.7. The average molecular weight is 313 g/mol. The zero-order chi connectivity index (χ0) is 16.7. The van der Waals surface area contributed by atoms with Crippen LogP contribution < -0.4 is 16.0 Å². The van der Waals surface area contributed by atoms with E-state index < -0.39 is 0 Å². The van der Waals surface area contributed by atoms with Crippen molar-refractivity contribution in [2.45, 2.75) is 33.6 Å². The van der Waals surface area contributed by atoms with Crippen molar-refractivity contribution in [1.29, 1.82) is 0 Å². The van der Waals surface area contributed by atoms with Crippen molar-refractivity contribution in [3.05, 3.63) is 36.0 Å². The first-order valence-electron chi connectivity index (χ1n) is 7.87. The number of aryl methyl sites for hydroxylation is 1. The molecule has 0 saturated heterocycles. The number of hydrogen-bond acceptors (Lipinski definition) is 5. The molecule has 0 saturated carbocycles. The molecule has 0 fully saturated rings. The summed E-state index contributed by atoms with van der Waals surface area (Å²) < 4.78 is 0. The van der Waals surface area contributed by atoms with E-state index in [1.165, 1.54) is 0 Å². The van der Waals surface area contributed by atoms with Gasteiger partial charge >= 0.3 is 0 Å². The topological polar surface area (TPSA) is 78.9 Å². The highest BCUT2D eigenvalue weighted by Gasteiger charge is 2.03. The smallest absolute Gasteiger partial charge is 0.224 e. The number of hydrogen-bond donors (Lipinski definition) is 3. The second-order valence-electron chi connectivity index (χ2n) is 5.25. The molecule has 2 aromatic rings. The zero-order valence-corrected chi connectivity index (χ0v) is 13.8. The van der Waals surface area contributed by atoms with Gasteiger partial charge in [-0.1, -0.05) is 6.92 Å².